The van der Waals surface area contributed by atoms with Crippen molar-refractivity contribution in [3.63, 3.8) is 0 Å². The average molecular weight is 290 g/mol. The van der Waals surface area contributed by atoms with Crippen LogP contribution in [0.2, 0.25) is 0 Å². The summed E-state index contributed by atoms with van der Waals surface area (Å²) in [6.45, 7) is 2.76. The molecule has 1 N–H and O–H groups in total. The summed E-state index contributed by atoms with van der Waals surface area (Å²) in [5.41, 5.74) is 1.46. The van der Waals surface area contributed by atoms with Gasteiger partial charge in [0.2, 0.25) is 0 Å². The number of unbranched alkanes of at least 4 members (excludes halogenated alkanes) is 1. The van der Waals surface area contributed by atoms with Crippen molar-refractivity contribution >= 4 is 29.3 Å². The SMILES string of the molecule is CCCCN1C(=O)/C(=C/c2ccc(OC)cc2)NC1=S. The van der Waals surface area contributed by atoms with Crippen molar-refractivity contribution in [3.05, 3.63) is 35.5 Å². The van der Waals surface area contributed by atoms with Crippen LogP contribution in [0.15, 0.2) is 30.0 Å². The van der Waals surface area contributed by atoms with Gasteiger partial charge in [0.1, 0.15) is 11.4 Å². The van der Waals surface area contributed by atoms with E-state index in [0.29, 0.717) is 17.4 Å². The smallest absolute Gasteiger partial charge is 0.276 e. The van der Waals surface area contributed by atoms with Crippen LogP contribution in [-0.4, -0.2) is 29.6 Å². The van der Waals surface area contributed by atoms with Gasteiger partial charge in [-0.15, -0.1) is 0 Å². The third-order valence-corrected chi connectivity index (χ3v) is 3.45. The molecule has 1 aliphatic heterocycles. The molecule has 1 aliphatic rings. The molecule has 0 bridgehead atoms. The molecule has 0 saturated carbocycles. The minimum atomic E-state index is -0.0562. The summed E-state index contributed by atoms with van der Waals surface area (Å²) in [6, 6.07) is 7.52. The van der Waals surface area contributed by atoms with Crippen LogP contribution in [0.1, 0.15) is 25.3 Å². The minimum Gasteiger partial charge on any atom is -0.497 e. The Labute approximate surface area is 124 Å². The van der Waals surface area contributed by atoms with Crippen LogP contribution >= 0.6 is 12.2 Å². The van der Waals surface area contributed by atoms with E-state index in [9.17, 15) is 4.79 Å². The van der Waals surface area contributed by atoms with E-state index in [1.54, 1.807) is 18.1 Å². The molecule has 106 valence electrons. The molecule has 1 fully saturated rings. The highest BCUT2D eigenvalue weighted by Gasteiger charge is 2.29. The molecule has 0 unspecified atom stereocenters. The molecule has 1 saturated heterocycles. The largest absolute Gasteiger partial charge is 0.497 e. The fourth-order valence-corrected chi connectivity index (χ4v) is 2.24. The van der Waals surface area contributed by atoms with Gasteiger partial charge in [0, 0.05) is 6.54 Å². The number of carbonyl (C=O) groups excluding carboxylic acids is 1. The fraction of sp³-hybridized carbons (Fsp3) is 0.333. The zero-order valence-corrected chi connectivity index (χ0v) is 12.5. The van der Waals surface area contributed by atoms with Crippen molar-refractivity contribution in [2.45, 2.75) is 19.8 Å². The Hall–Kier alpha value is -1.88. The van der Waals surface area contributed by atoms with Crippen molar-refractivity contribution < 1.29 is 9.53 Å². The number of ether oxygens (including phenoxy) is 1. The van der Waals surface area contributed by atoms with Crippen molar-refractivity contribution in [2.75, 3.05) is 13.7 Å². The van der Waals surface area contributed by atoms with Gasteiger partial charge in [-0.1, -0.05) is 25.5 Å². The van der Waals surface area contributed by atoms with E-state index in [1.807, 2.05) is 24.3 Å². The topological polar surface area (TPSA) is 41.6 Å². The molecular weight excluding hydrogens is 272 g/mol. The molecular formula is C15H18N2O2S. The Morgan fingerprint density at radius 2 is 2.05 bits per heavy atom. The van der Waals surface area contributed by atoms with E-state index in [0.717, 1.165) is 24.2 Å². The molecule has 0 spiro atoms. The maximum absolute atomic E-state index is 12.2. The number of carbonyl (C=O) groups is 1. The fourth-order valence-electron chi connectivity index (χ4n) is 1.96. The normalized spacial score (nSPS) is 16.7. The number of hydrogen-bond acceptors (Lipinski definition) is 3. The maximum Gasteiger partial charge on any atom is 0.276 e. The lowest BCUT2D eigenvalue weighted by molar-refractivity contribution is -0.122. The molecule has 0 atom stereocenters. The number of benzene rings is 1. The van der Waals surface area contributed by atoms with Crippen LogP contribution < -0.4 is 10.1 Å². The van der Waals surface area contributed by atoms with Gasteiger partial charge in [0.15, 0.2) is 5.11 Å². The van der Waals surface area contributed by atoms with Crippen molar-refractivity contribution in [1.29, 1.82) is 0 Å². The number of nitrogens with one attached hydrogen (secondary N) is 1. The second-order valence-electron chi connectivity index (χ2n) is 4.57. The van der Waals surface area contributed by atoms with Crippen molar-refractivity contribution in [1.82, 2.24) is 10.2 Å². The highest BCUT2D eigenvalue weighted by atomic mass is 32.1. The van der Waals surface area contributed by atoms with Gasteiger partial charge in [-0.2, -0.15) is 0 Å². The first-order chi connectivity index (χ1) is 9.65. The molecule has 0 aliphatic carbocycles. The predicted octanol–water partition coefficient (Wildman–Crippen LogP) is 2.55. The second-order valence-corrected chi connectivity index (χ2v) is 4.96. The number of thiocarbonyl (C=S) groups is 1. The number of hydrogen-bond donors (Lipinski definition) is 1. The van der Waals surface area contributed by atoms with E-state index in [4.69, 9.17) is 17.0 Å². The maximum atomic E-state index is 12.2. The lowest BCUT2D eigenvalue weighted by Crippen LogP contribution is -2.31. The molecule has 5 heteroatoms. The lowest BCUT2D eigenvalue weighted by Gasteiger charge is -2.12. The number of methoxy groups -OCH3 is 1. The van der Waals surface area contributed by atoms with E-state index in [2.05, 4.69) is 12.2 Å². The zero-order chi connectivity index (χ0) is 14.5. The molecule has 2 rings (SSSR count). The summed E-state index contributed by atoms with van der Waals surface area (Å²) in [5.74, 6) is 0.734. The Balaban J connectivity index is 2.14. The van der Waals surface area contributed by atoms with E-state index in [-0.39, 0.29) is 5.91 Å². The number of rotatable bonds is 5. The third-order valence-electron chi connectivity index (χ3n) is 3.12. The Morgan fingerprint density at radius 1 is 1.35 bits per heavy atom. The van der Waals surface area contributed by atoms with Gasteiger partial charge >= 0.3 is 0 Å². The van der Waals surface area contributed by atoms with E-state index >= 15 is 0 Å². The van der Waals surface area contributed by atoms with Crippen LogP contribution in [-0.2, 0) is 4.79 Å². The summed E-state index contributed by atoms with van der Waals surface area (Å²) >= 11 is 5.20. The van der Waals surface area contributed by atoms with Gasteiger partial charge in [-0.05, 0) is 42.4 Å². The van der Waals surface area contributed by atoms with Gasteiger partial charge < -0.3 is 10.1 Å². The Kier molecular flexibility index (Phi) is 4.74. The third kappa shape index (κ3) is 3.17. The monoisotopic (exact) mass is 290 g/mol. The van der Waals surface area contributed by atoms with Gasteiger partial charge in [-0.25, -0.2) is 0 Å². The molecule has 0 aromatic heterocycles. The van der Waals surface area contributed by atoms with Crippen LogP contribution in [0.3, 0.4) is 0 Å². The van der Waals surface area contributed by atoms with Gasteiger partial charge in [-0.3, -0.25) is 9.69 Å². The van der Waals surface area contributed by atoms with E-state index < -0.39 is 0 Å². The van der Waals surface area contributed by atoms with Crippen molar-refractivity contribution in [2.24, 2.45) is 0 Å². The lowest BCUT2D eigenvalue weighted by atomic mass is 10.2. The van der Waals surface area contributed by atoms with Crippen LogP contribution in [0, 0.1) is 0 Å². The molecule has 1 amide bonds. The number of nitrogens with zero attached hydrogens (tertiary/aromatic N) is 1. The quantitative estimate of drug-likeness (QED) is 0.668. The van der Waals surface area contributed by atoms with Crippen LogP contribution in [0.4, 0.5) is 0 Å². The zero-order valence-electron chi connectivity index (χ0n) is 11.7. The molecule has 1 aromatic rings. The second kappa shape index (κ2) is 6.52. The Bertz CT molecular complexity index is 537. The van der Waals surface area contributed by atoms with Crippen LogP contribution in [0.5, 0.6) is 5.75 Å². The van der Waals surface area contributed by atoms with Crippen LogP contribution in [0.25, 0.3) is 6.08 Å². The molecule has 1 aromatic carbocycles. The predicted molar refractivity (Wildman–Crippen MR) is 83.3 cm³/mol. The minimum absolute atomic E-state index is 0.0562. The van der Waals surface area contributed by atoms with Crippen molar-refractivity contribution in [3.8, 4) is 5.75 Å². The summed E-state index contributed by atoms with van der Waals surface area (Å²) in [6.07, 6.45) is 3.79. The summed E-state index contributed by atoms with van der Waals surface area (Å²) < 4.78 is 5.11. The van der Waals surface area contributed by atoms with Gasteiger partial charge in [0.25, 0.3) is 5.91 Å². The first-order valence-electron chi connectivity index (χ1n) is 6.64. The molecule has 20 heavy (non-hydrogen) atoms. The Morgan fingerprint density at radius 3 is 2.65 bits per heavy atom. The molecule has 1 heterocycles. The average Bonchev–Trinajstić information content (AvgIpc) is 2.72. The number of amides is 1. The molecule has 0 radical (unpaired) electrons. The summed E-state index contributed by atoms with van der Waals surface area (Å²) in [5, 5.41) is 3.47. The van der Waals surface area contributed by atoms with E-state index in [1.165, 1.54) is 0 Å². The van der Waals surface area contributed by atoms with Gasteiger partial charge in [0.05, 0.1) is 7.11 Å². The first kappa shape index (κ1) is 14.5. The highest BCUT2D eigenvalue weighted by Crippen LogP contribution is 2.17. The highest BCUT2D eigenvalue weighted by molar-refractivity contribution is 7.80. The standard InChI is InChI=1S/C15H18N2O2S/c1-3-4-9-17-14(18)13(16-15(17)20)10-11-5-7-12(19-2)8-6-11/h5-8,10H,3-4,9H2,1-2H3,(H,16,20)/b13-10-. The summed E-state index contributed by atoms with van der Waals surface area (Å²) in [7, 11) is 1.62. The molecule has 4 nitrogen and oxygen atoms in total. The summed E-state index contributed by atoms with van der Waals surface area (Å²) in [4.78, 5) is 13.9. The first-order valence-corrected chi connectivity index (χ1v) is 7.05.